The van der Waals surface area contributed by atoms with Crippen LogP contribution in [0.1, 0.15) is 24.7 Å². The van der Waals surface area contributed by atoms with Crippen molar-refractivity contribution in [1.29, 1.82) is 0 Å². The van der Waals surface area contributed by atoms with Crippen molar-refractivity contribution in [1.82, 2.24) is 14.3 Å². The van der Waals surface area contributed by atoms with Crippen molar-refractivity contribution in [3.8, 4) is 0 Å². The molecule has 24 heavy (non-hydrogen) atoms. The van der Waals surface area contributed by atoms with Gasteiger partial charge in [-0.3, -0.25) is 15.0 Å². The Hall–Kier alpha value is -2.06. The van der Waals surface area contributed by atoms with Crippen LogP contribution in [0.2, 0.25) is 0 Å². The number of nitro groups is 1. The van der Waals surface area contributed by atoms with Crippen molar-refractivity contribution in [2.24, 2.45) is 0 Å². The quantitative estimate of drug-likeness (QED) is 0.611. The number of anilines is 1. The molecule has 128 valence electrons. The molecular weight excluding hydrogens is 326 g/mol. The average Bonchev–Trinajstić information content (AvgIpc) is 2.95. The maximum atomic E-state index is 11.2. The molecule has 7 nitrogen and oxygen atoms in total. The third-order valence-corrected chi connectivity index (χ3v) is 5.03. The van der Waals surface area contributed by atoms with Gasteiger partial charge in [-0.2, -0.15) is 4.37 Å². The first-order chi connectivity index (χ1) is 11.7. The Kier molecular flexibility index (Phi) is 5.37. The van der Waals surface area contributed by atoms with Gasteiger partial charge >= 0.3 is 0 Å². The summed E-state index contributed by atoms with van der Waals surface area (Å²) in [7, 11) is 0. The summed E-state index contributed by atoms with van der Waals surface area (Å²) in [6.45, 7) is 6.30. The van der Waals surface area contributed by atoms with Gasteiger partial charge in [0.25, 0.3) is 5.69 Å². The van der Waals surface area contributed by atoms with Crippen molar-refractivity contribution in [3.05, 3.63) is 45.8 Å². The van der Waals surface area contributed by atoms with Crippen LogP contribution in [0.25, 0.3) is 0 Å². The molecule has 0 radical (unpaired) electrons. The predicted octanol–water partition coefficient (Wildman–Crippen LogP) is 2.72. The Morgan fingerprint density at radius 2 is 2.08 bits per heavy atom. The van der Waals surface area contributed by atoms with Gasteiger partial charge in [0.15, 0.2) is 0 Å². The topological polar surface area (TPSA) is 75.4 Å². The summed E-state index contributed by atoms with van der Waals surface area (Å²) >= 11 is 1.46. The lowest BCUT2D eigenvalue weighted by molar-refractivity contribution is -0.385. The molecule has 2 aromatic rings. The zero-order chi connectivity index (χ0) is 16.9. The molecule has 1 fully saturated rings. The number of nitro benzene ring substituents is 1. The van der Waals surface area contributed by atoms with Gasteiger partial charge in [0.1, 0.15) is 5.82 Å². The van der Waals surface area contributed by atoms with E-state index in [2.05, 4.69) is 26.1 Å². The van der Waals surface area contributed by atoms with Gasteiger partial charge in [0.05, 0.1) is 4.92 Å². The van der Waals surface area contributed by atoms with Gasteiger partial charge in [-0.05, 0) is 6.42 Å². The Labute approximate surface area is 145 Å². The molecule has 0 unspecified atom stereocenters. The lowest BCUT2D eigenvalue weighted by atomic mass is 10.1. The van der Waals surface area contributed by atoms with Gasteiger partial charge in [-0.25, -0.2) is 4.98 Å². The second-order valence-electron chi connectivity index (χ2n) is 5.85. The number of nitrogens with zero attached hydrogens (tertiary/aromatic N) is 5. The first-order valence-electron chi connectivity index (χ1n) is 8.19. The molecule has 0 N–H and O–H groups in total. The largest absolute Gasteiger partial charge is 0.346 e. The summed E-state index contributed by atoms with van der Waals surface area (Å²) in [5.74, 6) is 0.899. The minimum Gasteiger partial charge on any atom is -0.346 e. The highest BCUT2D eigenvalue weighted by molar-refractivity contribution is 7.09. The summed E-state index contributed by atoms with van der Waals surface area (Å²) in [6, 6.07) is 7.00. The van der Waals surface area contributed by atoms with E-state index in [1.54, 1.807) is 12.1 Å². The van der Waals surface area contributed by atoms with E-state index in [0.717, 1.165) is 55.5 Å². The molecule has 1 saturated heterocycles. The summed E-state index contributed by atoms with van der Waals surface area (Å²) in [6.07, 6.45) is 1.87. The summed E-state index contributed by atoms with van der Waals surface area (Å²) in [5, 5.41) is 12.1. The third kappa shape index (κ3) is 3.88. The number of rotatable bonds is 5. The number of aryl methyl sites for hydroxylation is 1. The lowest BCUT2D eigenvalue weighted by Crippen LogP contribution is -2.30. The maximum absolute atomic E-state index is 11.2. The first kappa shape index (κ1) is 16.8. The molecule has 0 bridgehead atoms. The highest BCUT2D eigenvalue weighted by atomic mass is 32.1. The van der Waals surface area contributed by atoms with E-state index in [1.165, 1.54) is 11.5 Å². The zero-order valence-corrected chi connectivity index (χ0v) is 14.5. The molecule has 3 rings (SSSR count). The van der Waals surface area contributed by atoms with Crippen LogP contribution in [0, 0.1) is 10.1 Å². The standard InChI is InChI=1S/C16H21N5O2S/c1-2-15-17-16(24-18-15)20-9-5-8-19(10-11-20)12-13-6-3-4-7-14(13)21(22)23/h3-4,6-7H,2,5,8-12H2,1H3. The van der Waals surface area contributed by atoms with E-state index in [1.807, 2.05) is 12.1 Å². The molecule has 0 atom stereocenters. The SMILES string of the molecule is CCc1nsc(N2CCCN(Cc3ccccc3[N+](=O)[O-])CC2)n1. The van der Waals surface area contributed by atoms with Gasteiger partial charge in [0.2, 0.25) is 5.13 Å². The number of hydrogen-bond donors (Lipinski definition) is 0. The van der Waals surface area contributed by atoms with Crippen molar-refractivity contribution < 1.29 is 4.92 Å². The fourth-order valence-electron chi connectivity index (χ4n) is 2.90. The Morgan fingerprint density at radius 3 is 2.83 bits per heavy atom. The Bertz CT molecular complexity index is 705. The highest BCUT2D eigenvalue weighted by Crippen LogP contribution is 2.22. The Balaban J connectivity index is 1.65. The van der Waals surface area contributed by atoms with E-state index in [-0.39, 0.29) is 10.6 Å². The van der Waals surface area contributed by atoms with Crippen LogP contribution >= 0.6 is 11.5 Å². The molecule has 0 aliphatic carbocycles. The highest BCUT2D eigenvalue weighted by Gasteiger charge is 2.20. The van der Waals surface area contributed by atoms with E-state index < -0.39 is 0 Å². The molecule has 2 heterocycles. The van der Waals surface area contributed by atoms with Crippen LogP contribution in [0.3, 0.4) is 0 Å². The van der Waals surface area contributed by atoms with Crippen LogP contribution in [0.4, 0.5) is 10.8 Å². The second kappa shape index (κ2) is 7.67. The average molecular weight is 347 g/mol. The molecule has 1 aliphatic heterocycles. The van der Waals surface area contributed by atoms with Crippen LogP contribution in [-0.2, 0) is 13.0 Å². The number of benzene rings is 1. The van der Waals surface area contributed by atoms with Crippen molar-refractivity contribution in [2.75, 3.05) is 31.1 Å². The summed E-state index contributed by atoms with van der Waals surface area (Å²) < 4.78 is 4.36. The molecule has 0 amide bonds. The zero-order valence-electron chi connectivity index (χ0n) is 13.7. The lowest BCUT2D eigenvalue weighted by Gasteiger charge is -2.21. The second-order valence-corrected chi connectivity index (χ2v) is 6.58. The molecule has 8 heteroatoms. The summed E-state index contributed by atoms with van der Waals surface area (Å²) in [5.41, 5.74) is 0.982. The van der Waals surface area contributed by atoms with Gasteiger partial charge < -0.3 is 4.90 Å². The van der Waals surface area contributed by atoms with Gasteiger partial charge in [0, 0.05) is 62.3 Å². The monoisotopic (exact) mass is 347 g/mol. The predicted molar refractivity (Wildman–Crippen MR) is 94.5 cm³/mol. The first-order valence-corrected chi connectivity index (χ1v) is 8.97. The number of para-hydroxylation sites is 1. The van der Waals surface area contributed by atoms with E-state index in [9.17, 15) is 10.1 Å². The van der Waals surface area contributed by atoms with E-state index >= 15 is 0 Å². The van der Waals surface area contributed by atoms with Gasteiger partial charge in [-0.1, -0.05) is 25.1 Å². The minimum absolute atomic E-state index is 0.204. The minimum atomic E-state index is -0.299. The third-order valence-electron chi connectivity index (χ3n) is 4.21. The number of hydrogen-bond acceptors (Lipinski definition) is 7. The summed E-state index contributed by atoms with van der Waals surface area (Å²) in [4.78, 5) is 20.0. The normalized spacial score (nSPS) is 16.1. The molecule has 0 spiro atoms. The van der Waals surface area contributed by atoms with E-state index in [4.69, 9.17) is 0 Å². The van der Waals surface area contributed by atoms with Crippen molar-refractivity contribution in [3.63, 3.8) is 0 Å². The van der Waals surface area contributed by atoms with Crippen LogP contribution in [0.5, 0.6) is 0 Å². The number of aromatic nitrogens is 2. The van der Waals surface area contributed by atoms with E-state index in [0.29, 0.717) is 6.54 Å². The van der Waals surface area contributed by atoms with Crippen LogP contribution < -0.4 is 4.90 Å². The maximum Gasteiger partial charge on any atom is 0.273 e. The van der Waals surface area contributed by atoms with Crippen molar-refractivity contribution >= 4 is 22.4 Å². The molecule has 1 aromatic heterocycles. The molecule has 1 aliphatic rings. The fraction of sp³-hybridized carbons (Fsp3) is 0.500. The Morgan fingerprint density at radius 1 is 1.25 bits per heavy atom. The van der Waals surface area contributed by atoms with Crippen molar-refractivity contribution in [2.45, 2.75) is 26.3 Å². The van der Waals surface area contributed by atoms with Crippen LogP contribution in [-0.4, -0.2) is 45.4 Å². The smallest absolute Gasteiger partial charge is 0.273 e. The molecular formula is C16H21N5O2S. The molecule has 0 saturated carbocycles. The molecule has 1 aromatic carbocycles. The van der Waals surface area contributed by atoms with Gasteiger partial charge in [-0.15, -0.1) is 0 Å². The van der Waals surface area contributed by atoms with Crippen LogP contribution in [0.15, 0.2) is 24.3 Å². The fourth-order valence-corrected chi connectivity index (χ4v) is 3.70.